The lowest BCUT2D eigenvalue weighted by atomic mass is 10.1. The van der Waals surface area contributed by atoms with Crippen molar-refractivity contribution in [2.45, 2.75) is 38.6 Å². The zero-order chi connectivity index (χ0) is 19.3. The maximum Gasteiger partial charge on any atom is 0.242 e. The lowest BCUT2D eigenvalue weighted by Crippen LogP contribution is -2.41. The summed E-state index contributed by atoms with van der Waals surface area (Å²) in [6.07, 6.45) is 0. The summed E-state index contributed by atoms with van der Waals surface area (Å²) in [5, 5.41) is 2.79. The molecule has 2 aromatic rings. The van der Waals surface area contributed by atoms with Crippen LogP contribution < -0.4 is 14.8 Å². The molecular formula is C19H24N2O4S. The van der Waals surface area contributed by atoms with Crippen LogP contribution in [0, 0.1) is 13.8 Å². The summed E-state index contributed by atoms with van der Waals surface area (Å²) in [6, 6.07) is 10.8. The van der Waals surface area contributed by atoms with E-state index in [0.717, 1.165) is 11.1 Å². The van der Waals surface area contributed by atoms with Gasteiger partial charge >= 0.3 is 0 Å². The van der Waals surface area contributed by atoms with E-state index in [9.17, 15) is 13.2 Å². The highest BCUT2D eigenvalue weighted by molar-refractivity contribution is 7.89. The molecule has 0 aliphatic rings. The molecule has 0 bridgehead atoms. The van der Waals surface area contributed by atoms with Crippen LogP contribution in [0.15, 0.2) is 47.4 Å². The molecule has 1 atom stereocenters. The van der Waals surface area contributed by atoms with Crippen molar-refractivity contribution >= 4 is 21.6 Å². The van der Waals surface area contributed by atoms with E-state index in [4.69, 9.17) is 4.74 Å². The maximum atomic E-state index is 12.5. The maximum absolute atomic E-state index is 12.5. The van der Waals surface area contributed by atoms with Crippen LogP contribution in [0.2, 0.25) is 0 Å². The van der Waals surface area contributed by atoms with Crippen LogP contribution in [0.1, 0.15) is 25.0 Å². The van der Waals surface area contributed by atoms with E-state index >= 15 is 0 Å². The molecule has 0 spiro atoms. The number of carbonyl (C=O) groups is 1. The molecule has 2 aromatic carbocycles. The molecule has 0 saturated heterocycles. The highest BCUT2D eigenvalue weighted by Crippen LogP contribution is 2.20. The van der Waals surface area contributed by atoms with E-state index in [0.29, 0.717) is 18.0 Å². The molecule has 0 aliphatic carbocycles. The van der Waals surface area contributed by atoms with Crippen molar-refractivity contribution in [3.63, 3.8) is 0 Å². The second-order valence-corrected chi connectivity index (χ2v) is 7.72. The SMILES string of the molecule is CCOc1ccc(S(=O)(=O)N[C@@H](C)C(=O)Nc2c(C)cccc2C)cc1. The fourth-order valence-corrected chi connectivity index (χ4v) is 3.68. The van der Waals surface area contributed by atoms with Gasteiger partial charge in [0.2, 0.25) is 15.9 Å². The Labute approximate surface area is 154 Å². The molecule has 6 nitrogen and oxygen atoms in total. The molecule has 0 fully saturated rings. The summed E-state index contributed by atoms with van der Waals surface area (Å²) in [6.45, 7) is 7.63. The lowest BCUT2D eigenvalue weighted by Gasteiger charge is -2.17. The van der Waals surface area contributed by atoms with E-state index in [1.807, 2.05) is 39.0 Å². The van der Waals surface area contributed by atoms with Crippen molar-refractivity contribution in [1.29, 1.82) is 0 Å². The molecule has 2 rings (SSSR count). The van der Waals surface area contributed by atoms with Crippen LogP contribution in [0.25, 0.3) is 0 Å². The van der Waals surface area contributed by atoms with Crippen molar-refractivity contribution in [1.82, 2.24) is 4.72 Å². The van der Waals surface area contributed by atoms with Crippen LogP contribution >= 0.6 is 0 Å². The van der Waals surface area contributed by atoms with Crippen molar-refractivity contribution < 1.29 is 17.9 Å². The number of para-hydroxylation sites is 1. The van der Waals surface area contributed by atoms with Crippen molar-refractivity contribution in [3.05, 3.63) is 53.6 Å². The fraction of sp³-hybridized carbons (Fsp3) is 0.316. The third-order valence-corrected chi connectivity index (χ3v) is 5.46. The number of amides is 1. The van der Waals surface area contributed by atoms with Crippen LogP contribution in [-0.4, -0.2) is 27.0 Å². The molecule has 0 saturated carbocycles. The first-order valence-electron chi connectivity index (χ1n) is 8.37. The average Bonchev–Trinajstić information content (AvgIpc) is 2.58. The Morgan fingerprint density at radius 2 is 1.65 bits per heavy atom. The van der Waals surface area contributed by atoms with E-state index in [1.54, 1.807) is 12.1 Å². The van der Waals surface area contributed by atoms with E-state index in [1.165, 1.54) is 19.1 Å². The van der Waals surface area contributed by atoms with Gasteiger partial charge in [-0.3, -0.25) is 4.79 Å². The number of benzene rings is 2. The Hall–Kier alpha value is -2.38. The predicted octanol–water partition coefficient (Wildman–Crippen LogP) is 3.01. The Bertz CT molecular complexity index is 857. The highest BCUT2D eigenvalue weighted by Gasteiger charge is 2.22. The van der Waals surface area contributed by atoms with Gasteiger partial charge in [-0.25, -0.2) is 8.42 Å². The molecule has 2 N–H and O–H groups in total. The minimum absolute atomic E-state index is 0.0766. The van der Waals surface area contributed by atoms with E-state index < -0.39 is 22.0 Å². The number of hydrogen-bond donors (Lipinski definition) is 2. The minimum Gasteiger partial charge on any atom is -0.494 e. The van der Waals surface area contributed by atoms with E-state index in [-0.39, 0.29) is 4.90 Å². The zero-order valence-electron chi connectivity index (χ0n) is 15.4. The first kappa shape index (κ1) is 19.9. The first-order valence-corrected chi connectivity index (χ1v) is 9.85. The van der Waals surface area contributed by atoms with Crippen molar-refractivity contribution in [2.75, 3.05) is 11.9 Å². The first-order chi connectivity index (χ1) is 12.2. The Balaban J connectivity index is 2.09. The fourth-order valence-electron chi connectivity index (χ4n) is 2.48. The van der Waals surface area contributed by atoms with Gasteiger partial charge in [0.1, 0.15) is 5.75 Å². The van der Waals surface area contributed by atoms with Gasteiger partial charge in [0.15, 0.2) is 0 Å². The second kappa shape index (κ2) is 8.33. The number of sulfonamides is 1. The number of nitrogens with one attached hydrogen (secondary N) is 2. The number of rotatable bonds is 7. The number of anilines is 1. The Morgan fingerprint density at radius 1 is 1.08 bits per heavy atom. The van der Waals surface area contributed by atoms with Crippen LogP contribution in [0.5, 0.6) is 5.75 Å². The van der Waals surface area contributed by atoms with Gasteiger partial charge in [-0.2, -0.15) is 4.72 Å². The van der Waals surface area contributed by atoms with Crippen LogP contribution in [0.4, 0.5) is 5.69 Å². The molecule has 0 aliphatic heterocycles. The molecule has 0 aromatic heterocycles. The molecule has 140 valence electrons. The minimum atomic E-state index is -3.82. The quantitative estimate of drug-likeness (QED) is 0.778. The molecular weight excluding hydrogens is 352 g/mol. The second-order valence-electron chi connectivity index (χ2n) is 6.00. The van der Waals surface area contributed by atoms with Gasteiger partial charge in [0.25, 0.3) is 0 Å². The van der Waals surface area contributed by atoms with Gasteiger partial charge in [-0.15, -0.1) is 0 Å². The largest absolute Gasteiger partial charge is 0.494 e. The summed E-state index contributed by atoms with van der Waals surface area (Å²) in [5.41, 5.74) is 2.53. The molecule has 1 amide bonds. The van der Waals surface area contributed by atoms with Gasteiger partial charge in [-0.1, -0.05) is 18.2 Å². The van der Waals surface area contributed by atoms with Crippen molar-refractivity contribution in [3.8, 4) is 5.75 Å². The zero-order valence-corrected chi connectivity index (χ0v) is 16.2. The smallest absolute Gasteiger partial charge is 0.242 e. The lowest BCUT2D eigenvalue weighted by molar-refractivity contribution is -0.117. The summed E-state index contributed by atoms with van der Waals surface area (Å²) in [7, 11) is -3.82. The molecule has 26 heavy (non-hydrogen) atoms. The number of aryl methyl sites for hydroxylation is 2. The Kier molecular flexibility index (Phi) is 6.39. The van der Waals surface area contributed by atoms with Gasteiger partial charge in [0.05, 0.1) is 17.5 Å². The van der Waals surface area contributed by atoms with Crippen molar-refractivity contribution in [2.24, 2.45) is 0 Å². The normalized spacial score (nSPS) is 12.5. The van der Waals surface area contributed by atoms with Crippen LogP contribution in [0.3, 0.4) is 0 Å². The summed E-state index contributed by atoms with van der Waals surface area (Å²) >= 11 is 0. The van der Waals surface area contributed by atoms with Gasteiger partial charge in [0, 0.05) is 5.69 Å². The molecule has 0 unspecified atom stereocenters. The van der Waals surface area contributed by atoms with Crippen LogP contribution in [-0.2, 0) is 14.8 Å². The summed E-state index contributed by atoms with van der Waals surface area (Å²) in [5.74, 6) is 0.171. The molecule has 0 heterocycles. The monoisotopic (exact) mass is 376 g/mol. The number of hydrogen-bond acceptors (Lipinski definition) is 4. The third kappa shape index (κ3) is 4.83. The van der Waals surface area contributed by atoms with E-state index in [2.05, 4.69) is 10.0 Å². The molecule has 0 radical (unpaired) electrons. The third-order valence-electron chi connectivity index (χ3n) is 3.90. The summed E-state index contributed by atoms with van der Waals surface area (Å²) < 4.78 is 32.6. The molecule has 7 heteroatoms. The number of carbonyl (C=O) groups excluding carboxylic acids is 1. The van der Waals surface area contributed by atoms with Gasteiger partial charge < -0.3 is 10.1 Å². The van der Waals surface area contributed by atoms with Gasteiger partial charge in [-0.05, 0) is 63.1 Å². The summed E-state index contributed by atoms with van der Waals surface area (Å²) in [4.78, 5) is 12.5. The standard InChI is InChI=1S/C19H24N2O4S/c1-5-25-16-9-11-17(12-10-16)26(23,24)21-15(4)19(22)20-18-13(2)7-6-8-14(18)3/h6-12,15,21H,5H2,1-4H3,(H,20,22)/t15-/m0/s1. The predicted molar refractivity (Wildman–Crippen MR) is 102 cm³/mol. The number of ether oxygens (including phenoxy) is 1. The highest BCUT2D eigenvalue weighted by atomic mass is 32.2. The Morgan fingerprint density at radius 3 is 2.19 bits per heavy atom. The topological polar surface area (TPSA) is 84.5 Å². The average molecular weight is 376 g/mol.